The number of carbonyl (C=O) groups excluding carboxylic acids is 1. The second-order valence-corrected chi connectivity index (χ2v) is 11.0. The van der Waals surface area contributed by atoms with Crippen molar-refractivity contribution in [1.82, 2.24) is 9.99 Å². The molecule has 180 valence electrons. The minimum absolute atomic E-state index is 0.191. The van der Waals surface area contributed by atoms with E-state index in [0.29, 0.717) is 0 Å². The summed E-state index contributed by atoms with van der Waals surface area (Å²) in [5, 5.41) is 4.55. The summed E-state index contributed by atoms with van der Waals surface area (Å²) in [5.41, 5.74) is 8.80. The lowest BCUT2D eigenvalue weighted by molar-refractivity contribution is -0.119. The maximum absolute atomic E-state index is 12.5. The third-order valence-corrected chi connectivity index (χ3v) is 6.73. The Balaban J connectivity index is 1.78. The highest BCUT2D eigenvalue weighted by atomic mass is 35.5. The van der Waals surface area contributed by atoms with Gasteiger partial charge in [-0.05, 0) is 75.2 Å². The Morgan fingerprint density at radius 1 is 1.00 bits per heavy atom. The van der Waals surface area contributed by atoms with E-state index in [1.807, 2.05) is 19.9 Å². The van der Waals surface area contributed by atoms with Crippen molar-refractivity contribution in [3.63, 3.8) is 0 Å². The zero-order valence-electron chi connectivity index (χ0n) is 19.6. The predicted octanol–water partition coefficient (Wildman–Crippen LogP) is 4.93. The first kappa shape index (κ1) is 25.8. The van der Waals surface area contributed by atoms with E-state index in [-0.39, 0.29) is 15.7 Å². The second-order valence-electron chi connectivity index (χ2n) is 8.20. The molecule has 1 heterocycles. The minimum atomic E-state index is -3.77. The highest BCUT2D eigenvalue weighted by Crippen LogP contribution is 2.27. The first-order chi connectivity index (χ1) is 15.8. The molecule has 3 rings (SSSR count). The van der Waals surface area contributed by atoms with E-state index in [2.05, 4.69) is 47.1 Å². The lowest BCUT2D eigenvalue weighted by Crippen LogP contribution is -2.39. The number of aryl methyl sites for hydroxylation is 3. The monoisotopic (exact) mass is 520 g/mol. The lowest BCUT2D eigenvalue weighted by Gasteiger charge is -2.21. The molecule has 0 unspecified atom stereocenters. The van der Waals surface area contributed by atoms with Crippen LogP contribution in [0.15, 0.2) is 47.6 Å². The van der Waals surface area contributed by atoms with Crippen LogP contribution in [0.5, 0.6) is 0 Å². The largest absolute Gasteiger partial charge is 0.318 e. The Morgan fingerprint density at radius 3 is 2.15 bits per heavy atom. The molecular weight excluding hydrogens is 495 g/mol. The number of benzene rings is 2. The molecule has 1 amide bonds. The molecule has 7 nitrogen and oxygen atoms in total. The number of hydrazone groups is 1. The van der Waals surface area contributed by atoms with Crippen LogP contribution >= 0.6 is 23.2 Å². The van der Waals surface area contributed by atoms with Crippen LogP contribution < -0.4 is 9.73 Å². The number of aromatic nitrogens is 1. The van der Waals surface area contributed by atoms with E-state index in [1.54, 1.807) is 6.21 Å². The first-order valence-electron chi connectivity index (χ1n) is 10.4. The Labute approximate surface area is 210 Å². The Morgan fingerprint density at radius 2 is 1.59 bits per heavy atom. The van der Waals surface area contributed by atoms with E-state index in [4.69, 9.17) is 23.2 Å². The van der Waals surface area contributed by atoms with Gasteiger partial charge in [-0.1, -0.05) is 29.3 Å². The molecule has 0 spiro atoms. The average Bonchev–Trinajstić information content (AvgIpc) is 2.97. The standard InChI is InChI=1S/C24H26Cl2N4O3S/c1-15-6-16(2)8-23(7-15)30-17(3)9-19(18(30)4)13-27-28-24(31)14-29(34(5,32)33)22-11-20(25)10-21(26)12-22/h6-13H,14H2,1-5H3,(H,28,31)/b27-13-. The first-order valence-corrected chi connectivity index (χ1v) is 13.0. The van der Waals surface area contributed by atoms with Crippen LogP contribution in [0.4, 0.5) is 5.69 Å². The van der Waals surface area contributed by atoms with Gasteiger partial charge in [0.1, 0.15) is 6.54 Å². The lowest BCUT2D eigenvalue weighted by atomic mass is 10.1. The molecule has 0 bridgehead atoms. The fourth-order valence-corrected chi connectivity index (χ4v) is 5.17. The van der Waals surface area contributed by atoms with Crippen molar-refractivity contribution in [2.24, 2.45) is 5.10 Å². The van der Waals surface area contributed by atoms with Crippen molar-refractivity contribution in [3.8, 4) is 5.69 Å². The van der Waals surface area contributed by atoms with Crippen molar-refractivity contribution in [2.45, 2.75) is 27.7 Å². The fraction of sp³-hybridized carbons (Fsp3) is 0.250. The summed E-state index contributed by atoms with van der Waals surface area (Å²) in [7, 11) is -3.77. The van der Waals surface area contributed by atoms with Crippen molar-refractivity contribution >= 4 is 51.0 Å². The number of hydrogen-bond donors (Lipinski definition) is 1. The van der Waals surface area contributed by atoms with Gasteiger partial charge in [-0.15, -0.1) is 0 Å². The van der Waals surface area contributed by atoms with Crippen LogP contribution in [0.3, 0.4) is 0 Å². The van der Waals surface area contributed by atoms with Crippen LogP contribution in [0.1, 0.15) is 28.1 Å². The molecule has 1 N–H and O–H groups in total. The summed E-state index contributed by atoms with van der Waals surface area (Å²) in [6.45, 7) is 7.61. The molecule has 0 aliphatic heterocycles. The molecule has 0 atom stereocenters. The second kappa shape index (κ2) is 10.2. The molecule has 34 heavy (non-hydrogen) atoms. The van der Waals surface area contributed by atoms with Gasteiger partial charge in [0.15, 0.2) is 0 Å². The number of halogens is 2. The third kappa shape index (κ3) is 6.20. The quantitative estimate of drug-likeness (QED) is 0.353. The number of hydrogen-bond acceptors (Lipinski definition) is 4. The molecule has 3 aromatic rings. The zero-order valence-corrected chi connectivity index (χ0v) is 21.9. The number of anilines is 1. The molecular formula is C24H26Cl2N4O3S. The molecule has 0 saturated carbocycles. The van der Waals surface area contributed by atoms with Crippen LogP contribution in [0.25, 0.3) is 5.69 Å². The Hall–Kier alpha value is -2.81. The molecule has 0 fully saturated rings. The van der Waals surface area contributed by atoms with Gasteiger partial charge in [0.25, 0.3) is 5.91 Å². The van der Waals surface area contributed by atoms with E-state index >= 15 is 0 Å². The highest BCUT2D eigenvalue weighted by molar-refractivity contribution is 7.92. The van der Waals surface area contributed by atoms with Gasteiger partial charge in [0, 0.05) is 32.7 Å². The number of nitrogens with zero attached hydrogens (tertiary/aromatic N) is 3. The van der Waals surface area contributed by atoms with Crippen LogP contribution in [-0.4, -0.2) is 37.9 Å². The molecule has 0 saturated heterocycles. The summed E-state index contributed by atoms with van der Waals surface area (Å²) in [6, 6.07) is 12.6. The third-order valence-electron chi connectivity index (χ3n) is 5.15. The number of sulfonamides is 1. The molecule has 2 aromatic carbocycles. The molecule has 0 aliphatic carbocycles. The van der Waals surface area contributed by atoms with Crippen molar-refractivity contribution in [1.29, 1.82) is 0 Å². The number of nitrogens with one attached hydrogen (secondary N) is 1. The van der Waals surface area contributed by atoms with Gasteiger partial charge in [-0.3, -0.25) is 9.10 Å². The summed E-state index contributed by atoms with van der Waals surface area (Å²) in [6.07, 6.45) is 2.54. The molecule has 1 aromatic heterocycles. The number of rotatable bonds is 7. The van der Waals surface area contributed by atoms with Gasteiger partial charge in [-0.2, -0.15) is 5.10 Å². The Bertz CT molecular complexity index is 1340. The summed E-state index contributed by atoms with van der Waals surface area (Å²) in [4.78, 5) is 12.5. The smallest absolute Gasteiger partial charge is 0.260 e. The van der Waals surface area contributed by atoms with Gasteiger partial charge < -0.3 is 4.57 Å². The van der Waals surface area contributed by atoms with Gasteiger partial charge in [0.05, 0.1) is 18.2 Å². The Kier molecular flexibility index (Phi) is 7.75. The van der Waals surface area contributed by atoms with Crippen LogP contribution in [0, 0.1) is 27.7 Å². The number of amides is 1. The normalized spacial score (nSPS) is 11.7. The van der Waals surface area contributed by atoms with Gasteiger partial charge in [-0.25, -0.2) is 13.8 Å². The maximum Gasteiger partial charge on any atom is 0.260 e. The zero-order chi connectivity index (χ0) is 25.2. The minimum Gasteiger partial charge on any atom is -0.318 e. The van der Waals surface area contributed by atoms with E-state index in [0.717, 1.165) is 33.2 Å². The van der Waals surface area contributed by atoms with E-state index in [9.17, 15) is 13.2 Å². The SMILES string of the molecule is Cc1cc(C)cc(-n2c(C)cc(/C=N\NC(=O)CN(c3cc(Cl)cc(Cl)c3)S(C)(=O)=O)c2C)c1. The van der Waals surface area contributed by atoms with E-state index < -0.39 is 22.5 Å². The van der Waals surface area contributed by atoms with Gasteiger partial charge in [0.2, 0.25) is 10.0 Å². The van der Waals surface area contributed by atoms with Crippen molar-refractivity contribution in [2.75, 3.05) is 17.1 Å². The highest BCUT2D eigenvalue weighted by Gasteiger charge is 2.21. The van der Waals surface area contributed by atoms with Crippen LogP contribution in [-0.2, 0) is 14.8 Å². The molecule has 0 radical (unpaired) electrons. The maximum atomic E-state index is 12.5. The summed E-state index contributed by atoms with van der Waals surface area (Å²) < 4.78 is 27.6. The van der Waals surface area contributed by atoms with Crippen molar-refractivity contribution < 1.29 is 13.2 Å². The van der Waals surface area contributed by atoms with Crippen molar-refractivity contribution in [3.05, 3.63) is 80.6 Å². The topological polar surface area (TPSA) is 83.8 Å². The molecule has 10 heteroatoms. The fourth-order valence-electron chi connectivity index (χ4n) is 3.82. The summed E-state index contributed by atoms with van der Waals surface area (Å²) in [5.74, 6) is -0.610. The van der Waals surface area contributed by atoms with Gasteiger partial charge >= 0.3 is 0 Å². The predicted molar refractivity (Wildman–Crippen MR) is 139 cm³/mol. The van der Waals surface area contributed by atoms with E-state index in [1.165, 1.54) is 29.3 Å². The summed E-state index contributed by atoms with van der Waals surface area (Å²) >= 11 is 12.0. The number of carbonyl (C=O) groups is 1. The molecule has 0 aliphatic rings. The average molecular weight is 521 g/mol. The van der Waals surface area contributed by atoms with Crippen LogP contribution in [0.2, 0.25) is 10.0 Å².